The standard InChI is InChI=1S/C28H36N6O2/c35-27(25-2-1-13-36-25)34-11-9-28(10-12-34)16-23(28)19-5-3-18(4-6-19)22-14-20-7-8-21(15-24(20)29-17-22)26-30-32-33-31-26/h3-8,15,22-23,25-26,29-33H,1-2,9-14,16-17H2/t22?,23-,25+/m0/s1. The van der Waals surface area contributed by atoms with Gasteiger partial charge >= 0.3 is 0 Å². The first-order chi connectivity index (χ1) is 17.7. The molecule has 5 N–H and O–H groups in total. The Labute approximate surface area is 212 Å². The number of amides is 1. The molecule has 0 aromatic heterocycles. The lowest BCUT2D eigenvalue weighted by Crippen LogP contribution is -2.44. The van der Waals surface area contributed by atoms with E-state index in [2.05, 4.69) is 74.6 Å². The number of carbonyl (C=O) groups is 1. The molecule has 0 bridgehead atoms. The van der Waals surface area contributed by atoms with Crippen LogP contribution < -0.4 is 27.2 Å². The third-order valence-electron chi connectivity index (χ3n) is 9.24. The highest BCUT2D eigenvalue weighted by Gasteiger charge is 2.55. The summed E-state index contributed by atoms with van der Waals surface area (Å²) in [5.74, 6) is 1.37. The maximum atomic E-state index is 12.7. The Morgan fingerprint density at radius 1 is 0.972 bits per heavy atom. The Balaban J connectivity index is 0.963. The predicted molar refractivity (Wildman–Crippen MR) is 138 cm³/mol. The summed E-state index contributed by atoms with van der Waals surface area (Å²) in [6.45, 7) is 3.48. The number of anilines is 1. The van der Waals surface area contributed by atoms with Crippen LogP contribution in [0.25, 0.3) is 0 Å². The highest BCUT2D eigenvalue weighted by Crippen LogP contribution is 2.65. The van der Waals surface area contributed by atoms with Crippen LogP contribution in [0.4, 0.5) is 5.69 Å². The van der Waals surface area contributed by atoms with E-state index in [9.17, 15) is 4.79 Å². The Bertz CT molecular complexity index is 1120. The van der Waals surface area contributed by atoms with E-state index < -0.39 is 0 Å². The molecule has 4 heterocycles. The molecular weight excluding hydrogens is 452 g/mol. The van der Waals surface area contributed by atoms with Gasteiger partial charge in [-0.05, 0) is 78.2 Å². The zero-order valence-corrected chi connectivity index (χ0v) is 20.7. The molecule has 4 fully saturated rings. The van der Waals surface area contributed by atoms with Crippen LogP contribution >= 0.6 is 0 Å². The fourth-order valence-electron chi connectivity index (χ4n) is 6.86. The first kappa shape index (κ1) is 22.7. The van der Waals surface area contributed by atoms with Gasteiger partial charge in [-0.25, -0.2) is 10.9 Å². The van der Waals surface area contributed by atoms with E-state index in [1.165, 1.54) is 34.4 Å². The summed E-state index contributed by atoms with van der Waals surface area (Å²) in [7, 11) is 0. The average Bonchev–Trinajstić information content (AvgIpc) is 3.35. The molecule has 2 aromatic carbocycles. The summed E-state index contributed by atoms with van der Waals surface area (Å²) in [6, 6.07) is 16.1. The molecule has 1 amide bonds. The lowest BCUT2D eigenvalue weighted by molar-refractivity contribution is -0.142. The molecular formula is C28H36N6O2. The number of likely N-dealkylation sites (tertiary alicyclic amines) is 1. The molecule has 5 aliphatic rings. The fraction of sp³-hybridized carbons (Fsp3) is 0.536. The monoisotopic (exact) mass is 488 g/mol. The quantitative estimate of drug-likeness (QED) is 0.452. The Kier molecular flexibility index (Phi) is 5.74. The van der Waals surface area contributed by atoms with Crippen molar-refractivity contribution < 1.29 is 9.53 Å². The Morgan fingerprint density at radius 2 is 1.72 bits per heavy atom. The third-order valence-corrected chi connectivity index (χ3v) is 9.24. The van der Waals surface area contributed by atoms with Crippen molar-refractivity contribution in [2.75, 3.05) is 31.6 Å². The van der Waals surface area contributed by atoms with Crippen molar-refractivity contribution in [3.63, 3.8) is 0 Å². The van der Waals surface area contributed by atoms with Gasteiger partial charge in [-0.1, -0.05) is 36.4 Å². The third kappa shape index (κ3) is 4.11. The normalized spacial score (nSPS) is 29.2. The number of hydrogen-bond donors (Lipinski definition) is 5. The molecule has 0 radical (unpaired) electrons. The van der Waals surface area contributed by atoms with E-state index >= 15 is 0 Å². The van der Waals surface area contributed by atoms with Gasteiger partial charge in [0, 0.05) is 37.8 Å². The molecule has 8 nitrogen and oxygen atoms in total. The van der Waals surface area contributed by atoms with Crippen molar-refractivity contribution in [1.29, 1.82) is 0 Å². The van der Waals surface area contributed by atoms with Gasteiger partial charge in [0.15, 0.2) is 0 Å². The van der Waals surface area contributed by atoms with Gasteiger partial charge in [-0.15, -0.1) is 0 Å². The van der Waals surface area contributed by atoms with Gasteiger partial charge in [0.1, 0.15) is 12.3 Å². The van der Waals surface area contributed by atoms with Crippen molar-refractivity contribution in [1.82, 2.24) is 26.8 Å². The van der Waals surface area contributed by atoms with Crippen LogP contribution in [0.15, 0.2) is 42.5 Å². The summed E-state index contributed by atoms with van der Waals surface area (Å²) >= 11 is 0. The minimum Gasteiger partial charge on any atom is -0.384 e. The van der Waals surface area contributed by atoms with Crippen LogP contribution in [0, 0.1) is 5.41 Å². The lowest BCUT2D eigenvalue weighted by Gasteiger charge is -2.34. The highest BCUT2D eigenvalue weighted by molar-refractivity contribution is 5.81. The lowest BCUT2D eigenvalue weighted by atomic mass is 9.85. The maximum absolute atomic E-state index is 12.7. The fourth-order valence-corrected chi connectivity index (χ4v) is 6.86. The number of hydrazine groups is 3. The van der Waals surface area contributed by atoms with Crippen LogP contribution in [-0.2, 0) is 16.0 Å². The van der Waals surface area contributed by atoms with Crippen LogP contribution in [0.3, 0.4) is 0 Å². The molecule has 4 aliphatic heterocycles. The van der Waals surface area contributed by atoms with E-state index in [1.54, 1.807) is 0 Å². The van der Waals surface area contributed by atoms with Gasteiger partial charge in [-0.2, -0.15) is 11.1 Å². The van der Waals surface area contributed by atoms with Crippen molar-refractivity contribution in [2.45, 2.75) is 62.6 Å². The zero-order valence-electron chi connectivity index (χ0n) is 20.7. The first-order valence-electron chi connectivity index (χ1n) is 13.6. The highest BCUT2D eigenvalue weighted by atomic mass is 16.5. The second-order valence-corrected chi connectivity index (χ2v) is 11.3. The second-order valence-electron chi connectivity index (χ2n) is 11.3. The number of hydrogen-bond acceptors (Lipinski definition) is 7. The van der Waals surface area contributed by atoms with E-state index in [4.69, 9.17) is 4.74 Å². The zero-order chi connectivity index (χ0) is 24.1. The molecule has 2 aromatic rings. The summed E-state index contributed by atoms with van der Waals surface area (Å²) in [5, 5.41) is 3.67. The van der Waals surface area contributed by atoms with Crippen LogP contribution in [0.5, 0.6) is 0 Å². The smallest absolute Gasteiger partial charge is 0.251 e. The van der Waals surface area contributed by atoms with E-state index in [0.717, 1.165) is 58.3 Å². The van der Waals surface area contributed by atoms with E-state index in [1.807, 2.05) is 0 Å². The summed E-state index contributed by atoms with van der Waals surface area (Å²) in [6.07, 6.45) is 6.37. The summed E-state index contributed by atoms with van der Waals surface area (Å²) < 4.78 is 5.63. The van der Waals surface area contributed by atoms with Crippen molar-refractivity contribution in [3.8, 4) is 0 Å². The SMILES string of the molecule is O=C([C@H]1CCCO1)N1CCC2(CC1)C[C@H]2c1ccc(C2CNc3cc(C4NNNN4)ccc3C2)cc1. The number of piperidine rings is 1. The van der Waals surface area contributed by atoms with Gasteiger partial charge in [0.2, 0.25) is 0 Å². The minimum absolute atomic E-state index is 0.0575. The largest absolute Gasteiger partial charge is 0.384 e. The molecule has 3 atom stereocenters. The van der Waals surface area contributed by atoms with Crippen LogP contribution in [-0.4, -0.2) is 43.2 Å². The number of carbonyl (C=O) groups excluding carboxylic acids is 1. The van der Waals surface area contributed by atoms with Crippen molar-refractivity contribution in [3.05, 3.63) is 64.7 Å². The molecule has 1 unspecified atom stereocenters. The number of nitrogens with one attached hydrogen (secondary N) is 5. The molecule has 1 saturated carbocycles. The average molecular weight is 489 g/mol. The van der Waals surface area contributed by atoms with Crippen molar-refractivity contribution >= 4 is 11.6 Å². The molecule has 190 valence electrons. The van der Waals surface area contributed by atoms with Gasteiger partial charge in [0.05, 0.1) is 0 Å². The second kappa shape index (κ2) is 9.11. The molecule has 1 aliphatic carbocycles. The maximum Gasteiger partial charge on any atom is 0.251 e. The van der Waals surface area contributed by atoms with Gasteiger partial charge in [0.25, 0.3) is 5.91 Å². The number of nitrogens with zero attached hydrogens (tertiary/aromatic N) is 1. The van der Waals surface area contributed by atoms with Crippen LogP contribution in [0.2, 0.25) is 0 Å². The molecule has 7 rings (SSSR count). The number of benzene rings is 2. The summed E-state index contributed by atoms with van der Waals surface area (Å²) in [5.41, 5.74) is 19.2. The predicted octanol–water partition coefficient (Wildman–Crippen LogP) is 2.83. The van der Waals surface area contributed by atoms with Gasteiger partial charge in [-0.3, -0.25) is 4.79 Å². The minimum atomic E-state index is -0.180. The first-order valence-corrected chi connectivity index (χ1v) is 13.6. The number of rotatable bonds is 4. The molecule has 36 heavy (non-hydrogen) atoms. The van der Waals surface area contributed by atoms with E-state index in [0.29, 0.717) is 17.3 Å². The number of fused-ring (bicyclic) bond motifs is 1. The van der Waals surface area contributed by atoms with E-state index in [-0.39, 0.29) is 18.2 Å². The molecule has 8 heteroatoms. The summed E-state index contributed by atoms with van der Waals surface area (Å²) in [4.78, 5) is 14.8. The van der Waals surface area contributed by atoms with Gasteiger partial charge < -0.3 is 15.0 Å². The number of ether oxygens (including phenoxy) is 1. The Hall–Kier alpha value is -2.49. The van der Waals surface area contributed by atoms with Crippen molar-refractivity contribution in [2.24, 2.45) is 5.41 Å². The van der Waals surface area contributed by atoms with Crippen LogP contribution in [0.1, 0.15) is 72.4 Å². The molecule has 1 spiro atoms. The topological polar surface area (TPSA) is 89.7 Å². The Morgan fingerprint density at radius 3 is 2.47 bits per heavy atom. The molecule has 3 saturated heterocycles.